The van der Waals surface area contributed by atoms with Gasteiger partial charge in [-0.3, -0.25) is 0 Å². The van der Waals surface area contributed by atoms with Crippen LogP contribution in [0.1, 0.15) is 43.4 Å². The lowest BCUT2D eigenvalue weighted by atomic mass is 10.00. The topological polar surface area (TPSA) is 20.2 Å². The van der Waals surface area contributed by atoms with Crippen molar-refractivity contribution in [3.8, 4) is 0 Å². The number of aliphatic hydroxyl groups is 1. The van der Waals surface area contributed by atoms with Crippen LogP contribution in [0.25, 0.3) is 0 Å². The van der Waals surface area contributed by atoms with Crippen LogP contribution in [0.4, 0.5) is 0 Å². The summed E-state index contributed by atoms with van der Waals surface area (Å²) in [6, 6.07) is 8.46. The molecule has 2 unspecified atom stereocenters. The van der Waals surface area contributed by atoms with E-state index in [1.165, 1.54) is 17.7 Å². The van der Waals surface area contributed by atoms with Crippen LogP contribution in [-0.4, -0.2) is 16.1 Å². The van der Waals surface area contributed by atoms with E-state index in [1.54, 1.807) is 0 Å². The fourth-order valence-corrected chi connectivity index (χ4v) is 3.60. The van der Waals surface area contributed by atoms with E-state index in [9.17, 15) is 5.11 Å². The quantitative estimate of drug-likeness (QED) is 0.862. The fourth-order valence-electron chi connectivity index (χ4n) is 2.29. The smallest absolute Gasteiger partial charge is 0.0908 e. The summed E-state index contributed by atoms with van der Waals surface area (Å²) >= 11 is 1.91. The second-order valence-electron chi connectivity index (χ2n) is 4.49. The van der Waals surface area contributed by atoms with Gasteiger partial charge in [0, 0.05) is 5.25 Å². The number of hydrogen-bond donors (Lipinski definition) is 1. The summed E-state index contributed by atoms with van der Waals surface area (Å²) < 4.78 is 0. The van der Waals surface area contributed by atoms with Gasteiger partial charge >= 0.3 is 0 Å². The molecule has 0 aromatic heterocycles. The average Bonchev–Trinajstić information content (AvgIpc) is 2.82. The highest BCUT2D eigenvalue weighted by Gasteiger charge is 2.24. The lowest BCUT2D eigenvalue weighted by Crippen LogP contribution is -2.11. The highest BCUT2D eigenvalue weighted by Crippen LogP contribution is 2.36. The summed E-state index contributed by atoms with van der Waals surface area (Å²) in [5.74, 6) is 1.20. The Morgan fingerprint density at radius 3 is 3.06 bits per heavy atom. The summed E-state index contributed by atoms with van der Waals surface area (Å²) in [7, 11) is 0. The molecule has 2 atom stereocenters. The van der Waals surface area contributed by atoms with Gasteiger partial charge in [0.05, 0.1) is 6.10 Å². The van der Waals surface area contributed by atoms with E-state index in [0.717, 1.165) is 24.8 Å². The van der Waals surface area contributed by atoms with E-state index in [0.29, 0.717) is 5.25 Å². The van der Waals surface area contributed by atoms with Crippen LogP contribution >= 0.6 is 11.8 Å². The average molecular weight is 236 g/mol. The second-order valence-corrected chi connectivity index (χ2v) is 5.84. The Hall–Kier alpha value is -0.470. The van der Waals surface area contributed by atoms with Gasteiger partial charge in [0.25, 0.3) is 0 Å². The molecule has 1 aliphatic rings. The molecule has 0 bridgehead atoms. The highest BCUT2D eigenvalue weighted by molar-refractivity contribution is 8.00. The Morgan fingerprint density at radius 1 is 1.50 bits per heavy atom. The van der Waals surface area contributed by atoms with Crippen LogP contribution in [-0.2, 0) is 6.42 Å². The number of aryl methyl sites for hydroxylation is 1. The number of aliphatic hydroxyl groups excluding tert-OH is 1. The van der Waals surface area contributed by atoms with E-state index in [-0.39, 0.29) is 6.10 Å². The molecule has 1 nitrogen and oxygen atoms in total. The van der Waals surface area contributed by atoms with Crippen LogP contribution in [0.3, 0.4) is 0 Å². The highest BCUT2D eigenvalue weighted by atomic mass is 32.2. The van der Waals surface area contributed by atoms with Crippen molar-refractivity contribution in [2.24, 2.45) is 0 Å². The molecule has 1 saturated heterocycles. The van der Waals surface area contributed by atoms with Gasteiger partial charge < -0.3 is 5.11 Å². The Bertz CT molecular complexity index is 331. The van der Waals surface area contributed by atoms with Gasteiger partial charge in [-0.2, -0.15) is 11.8 Å². The van der Waals surface area contributed by atoms with Gasteiger partial charge in [-0.1, -0.05) is 37.6 Å². The molecule has 88 valence electrons. The normalized spacial score (nSPS) is 22.2. The first kappa shape index (κ1) is 12.0. The van der Waals surface area contributed by atoms with Crippen molar-refractivity contribution < 1.29 is 5.11 Å². The molecule has 0 aliphatic carbocycles. The Kier molecular flexibility index (Phi) is 4.30. The van der Waals surface area contributed by atoms with E-state index in [1.807, 2.05) is 11.8 Å². The maximum absolute atomic E-state index is 10.3. The van der Waals surface area contributed by atoms with Crippen molar-refractivity contribution in [2.45, 2.75) is 44.0 Å². The number of benzene rings is 1. The minimum atomic E-state index is -0.274. The summed E-state index contributed by atoms with van der Waals surface area (Å²) in [5, 5.41) is 10.7. The molecule has 1 aliphatic heterocycles. The van der Waals surface area contributed by atoms with Crippen LogP contribution < -0.4 is 0 Å². The van der Waals surface area contributed by atoms with E-state index < -0.39 is 0 Å². The molecule has 2 rings (SSSR count). The van der Waals surface area contributed by atoms with E-state index in [2.05, 4.69) is 31.2 Å². The molecular formula is C14H20OS. The van der Waals surface area contributed by atoms with Crippen molar-refractivity contribution in [1.29, 1.82) is 0 Å². The van der Waals surface area contributed by atoms with Crippen LogP contribution in [0, 0.1) is 0 Å². The zero-order valence-corrected chi connectivity index (χ0v) is 10.7. The van der Waals surface area contributed by atoms with E-state index in [4.69, 9.17) is 0 Å². The molecule has 0 saturated carbocycles. The first-order valence-electron chi connectivity index (χ1n) is 6.19. The number of thioether (sulfide) groups is 1. The predicted molar refractivity (Wildman–Crippen MR) is 70.9 cm³/mol. The summed E-state index contributed by atoms with van der Waals surface area (Å²) in [4.78, 5) is 0. The zero-order chi connectivity index (χ0) is 11.4. The maximum Gasteiger partial charge on any atom is 0.0908 e. The minimum Gasteiger partial charge on any atom is -0.387 e. The van der Waals surface area contributed by atoms with Gasteiger partial charge in [-0.15, -0.1) is 0 Å². The molecule has 1 heterocycles. The van der Waals surface area contributed by atoms with E-state index >= 15 is 0 Å². The van der Waals surface area contributed by atoms with Gasteiger partial charge in [-0.25, -0.2) is 0 Å². The summed E-state index contributed by atoms with van der Waals surface area (Å²) in [5.41, 5.74) is 2.45. The van der Waals surface area contributed by atoms with Gasteiger partial charge in [0.15, 0.2) is 0 Å². The molecular weight excluding hydrogens is 216 g/mol. The lowest BCUT2D eigenvalue weighted by Gasteiger charge is -2.18. The molecule has 1 N–H and O–H groups in total. The SMILES string of the molecule is CCCc1cccc(C(O)C2CCCS2)c1. The van der Waals surface area contributed by atoms with Crippen LogP contribution in [0.15, 0.2) is 24.3 Å². The summed E-state index contributed by atoms with van der Waals surface area (Å²) in [6.07, 6.45) is 4.41. The van der Waals surface area contributed by atoms with Crippen molar-refractivity contribution in [3.05, 3.63) is 35.4 Å². The number of rotatable bonds is 4. The second kappa shape index (κ2) is 5.74. The van der Waals surface area contributed by atoms with Crippen molar-refractivity contribution in [2.75, 3.05) is 5.75 Å². The lowest BCUT2D eigenvalue weighted by molar-refractivity contribution is 0.173. The number of hydrogen-bond acceptors (Lipinski definition) is 2. The molecule has 0 spiro atoms. The van der Waals surface area contributed by atoms with Crippen molar-refractivity contribution in [3.63, 3.8) is 0 Å². The molecule has 2 heteroatoms. The largest absolute Gasteiger partial charge is 0.387 e. The van der Waals surface area contributed by atoms with Crippen molar-refractivity contribution >= 4 is 11.8 Å². The third-order valence-corrected chi connectivity index (χ3v) is 4.59. The monoisotopic (exact) mass is 236 g/mol. The third-order valence-electron chi connectivity index (χ3n) is 3.15. The van der Waals surface area contributed by atoms with Gasteiger partial charge in [-0.05, 0) is 36.1 Å². The molecule has 1 aromatic rings. The summed E-state index contributed by atoms with van der Waals surface area (Å²) in [6.45, 7) is 2.19. The molecule has 16 heavy (non-hydrogen) atoms. The van der Waals surface area contributed by atoms with Crippen molar-refractivity contribution in [1.82, 2.24) is 0 Å². The Morgan fingerprint density at radius 2 is 2.38 bits per heavy atom. The standard InChI is InChI=1S/C14H20OS/c1-2-5-11-6-3-7-12(10-11)14(15)13-8-4-9-16-13/h3,6-7,10,13-15H,2,4-5,8-9H2,1H3. The first-order chi connectivity index (χ1) is 7.81. The first-order valence-corrected chi connectivity index (χ1v) is 7.24. The fraction of sp³-hybridized carbons (Fsp3) is 0.571. The van der Waals surface area contributed by atoms with Crippen LogP contribution in [0.2, 0.25) is 0 Å². The zero-order valence-electron chi connectivity index (χ0n) is 9.86. The molecule has 0 radical (unpaired) electrons. The molecule has 0 amide bonds. The molecule has 1 aromatic carbocycles. The Balaban J connectivity index is 2.09. The van der Waals surface area contributed by atoms with Crippen LogP contribution in [0.5, 0.6) is 0 Å². The minimum absolute atomic E-state index is 0.274. The van der Waals surface area contributed by atoms with Gasteiger partial charge in [0.1, 0.15) is 0 Å². The predicted octanol–water partition coefficient (Wildman–Crippen LogP) is 3.57. The Labute approximate surface area is 102 Å². The molecule has 1 fully saturated rings. The third kappa shape index (κ3) is 2.80. The van der Waals surface area contributed by atoms with Gasteiger partial charge in [0.2, 0.25) is 0 Å². The maximum atomic E-state index is 10.3.